The maximum absolute atomic E-state index is 12.3. The van der Waals surface area contributed by atoms with Gasteiger partial charge in [0, 0.05) is 12.5 Å². The van der Waals surface area contributed by atoms with E-state index < -0.39 is 0 Å². The maximum Gasteiger partial charge on any atom is 0.325 e. The first-order valence-corrected chi connectivity index (χ1v) is 7.04. The molecule has 0 aliphatic carbocycles. The van der Waals surface area contributed by atoms with Crippen LogP contribution in [-0.4, -0.2) is 36.5 Å². The molecule has 0 heterocycles. The molecule has 0 saturated heterocycles. The standard InChI is InChI=1S/C14H27NO3/c1-5-9-12(10-6-2)14(17)15(7-3)11-13(16)18-8-4/h12H,5-11H2,1-4H3. The van der Waals surface area contributed by atoms with Crippen molar-refractivity contribution in [3.05, 3.63) is 0 Å². The van der Waals surface area contributed by atoms with Crippen LogP contribution in [0.1, 0.15) is 53.4 Å². The van der Waals surface area contributed by atoms with Crippen LogP contribution < -0.4 is 0 Å². The second-order valence-corrected chi connectivity index (χ2v) is 4.43. The molecule has 0 atom stereocenters. The molecule has 0 fully saturated rings. The molecule has 0 aromatic carbocycles. The van der Waals surface area contributed by atoms with Gasteiger partial charge in [0.25, 0.3) is 0 Å². The van der Waals surface area contributed by atoms with Gasteiger partial charge >= 0.3 is 5.97 Å². The van der Waals surface area contributed by atoms with Crippen molar-refractivity contribution in [2.75, 3.05) is 19.7 Å². The highest BCUT2D eigenvalue weighted by Crippen LogP contribution is 2.16. The minimum absolute atomic E-state index is 0.0503. The molecule has 0 saturated carbocycles. The lowest BCUT2D eigenvalue weighted by Crippen LogP contribution is -2.40. The largest absolute Gasteiger partial charge is 0.465 e. The fourth-order valence-electron chi connectivity index (χ4n) is 2.05. The normalized spacial score (nSPS) is 10.5. The maximum atomic E-state index is 12.3. The molecule has 0 unspecified atom stereocenters. The van der Waals surface area contributed by atoms with Crippen LogP contribution in [0.2, 0.25) is 0 Å². The van der Waals surface area contributed by atoms with Gasteiger partial charge in [-0.1, -0.05) is 26.7 Å². The van der Waals surface area contributed by atoms with Gasteiger partial charge in [-0.3, -0.25) is 9.59 Å². The third-order valence-corrected chi connectivity index (χ3v) is 2.94. The summed E-state index contributed by atoms with van der Waals surface area (Å²) in [5, 5.41) is 0. The monoisotopic (exact) mass is 257 g/mol. The summed E-state index contributed by atoms with van der Waals surface area (Å²) in [4.78, 5) is 25.4. The van der Waals surface area contributed by atoms with E-state index in [9.17, 15) is 9.59 Å². The van der Waals surface area contributed by atoms with E-state index in [-0.39, 0.29) is 24.3 Å². The van der Waals surface area contributed by atoms with Gasteiger partial charge in [-0.15, -0.1) is 0 Å². The van der Waals surface area contributed by atoms with Crippen LogP contribution in [0.5, 0.6) is 0 Å². The molecule has 0 rings (SSSR count). The number of rotatable bonds is 9. The van der Waals surface area contributed by atoms with Gasteiger partial charge in [0.1, 0.15) is 6.54 Å². The van der Waals surface area contributed by atoms with Crippen molar-refractivity contribution >= 4 is 11.9 Å². The highest BCUT2D eigenvalue weighted by Gasteiger charge is 2.23. The van der Waals surface area contributed by atoms with Gasteiger partial charge in [-0.25, -0.2) is 0 Å². The zero-order chi connectivity index (χ0) is 14.0. The first kappa shape index (κ1) is 16.9. The molecule has 18 heavy (non-hydrogen) atoms. The summed E-state index contributed by atoms with van der Waals surface area (Å²) >= 11 is 0. The Morgan fingerprint density at radius 3 is 2.00 bits per heavy atom. The molecular formula is C14H27NO3. The molecule has 0 radical (unpaired) electrons. The molecule has 0 N–H and O–H groups in total. The number of carbonyl (C=O) groups is 2. The van der Waals surface area contributed by atoms with E-state index in [4.69, 9.17) is 4.74 Å². The number of amides is 1. The van der Waals surface area contributed by atoms with Gasteiger partial charge < -0.3 is 9.64 Å². The third kappa shape index (κ3) is 6.03. The van der Waals surface area contributed by atoms with E-state index in [2.05, 4.69) is 13.8 Å². The van der Waals surface area contributed by atoms with Crippen LogP contribution in [-0.2, 0) is 14.3 Å². The van der Waals surface area contributed by atoms with E-state index in [0.717, 1.165) is 25.7 Å². The average molecular weight is 257 g/mol. The highest BCUT2D eigenvalue weighted by molar-refractivity contribution is 5.83. The van der Waals surface area contributed by atoms with Crippen molar-refractivity contribution in [3.63, 3.8) is 0 Å². The Bertz CT molecular complexity index is 247. The molecule has 0 bridgehead atoms. The Hall–Kier alpha value is -1.06. The summed E-state index contributed by atoms with van der Waals surface area (Å²) < 4.78 is 4.89. The SMILES string of the molecule is CCCC(CCC)C(=O)N(CC)CC(=O)OCC. The average Bonchev–Trinajstić information content (AvgIpc) is 2.35. The summed E-state index contributed by atoms with van der Waals surface area (Å²) in [5.74, 6) is -0.178. The van der Waals surface area contributed by atoms with Crippen LogP contribution in [0.15, 0.2) is 0 Å². The quantitative estimate of drug-likeness (QED) is 0.596. The summed E-state index contributed by atoms with van der Waals surface area (Å²) in [5.41, 5.74) is 0. The van der Waals surface area contributed by atoms with Gasteiger partial charge in [-0.05, 0) is 26.7 Å². The van der Waals surface area contributed by atoms with Gasteiger partial charge in [0.15, 0.2) is 0 Å². The number of hydrogen-bond donors (Lipinski definition) is 0. The fourth-order valence-corrected chi connectivity index (χ4v) is 2.05. The van der Waals surface area contributed by atoms with Crippen LogP contribution in [0.25, 0.3) is 0 Å². The predicted octanol–water partition coefficient (Wildman–Crippen LogP) is 2.61. The zero-order valence-corrected chi connectivity index (χ0v) is 12.2. The van der Waals surface area contributed by atoms with Gasteiger partial charge in [-0.2, -0.15) is 0 Å². The molecule has 4 heteroatoms. The first-order valence-electron chi connectivity index (χ1n) is 7.04. The lowest BCUT2D eigenvalue weighted by Gasteiger charge is -2.25. The third-order valence-electron chi connectivity index (χ3n) is 2.94. The van der Waals surface area contributed by atoms with Crippen LogP contribution >= 0.6 is 0 Å². The van der Waals surface area contributed by atoms with E-state index in [0.29, 0.717) is 13.2 Å². The van der Waals surface area contributed by atoms with E-state index in [1.165, 1.54) is 0 Å². The Morgan fingerprint density at radius 2 is 1.61 bits per heavy atom. The summed E-state index contributed by atoms with van der Waals surface area (Å²) in [6.07, 6.45) is 3.78. The molecule has 4 nitrogen and oxygen atoms in total. The fraction of sp³-hybridized carbons (Fsp3) is 0.857. The number of carbonyl (C=O) groups excluding carboxylic acids is 2. The Morgan fingerprint density at radius 1 is 1.06 bits per heavy atom. The smallest absolute Gasteiger partial charge is 0.325 e. The molecule has 1 amide bonds. The Kier molecular flexibility index (Phi) is 9.33. The minimum atomic E-state index is -0.320. The van der Waals surface area contributed by atoms with E-state index in [1.807, 2.05) is 6.92 Å². The van der Waals surface area contributed by atoms with Crippen LogP contribution in [0.4, 0.5) is 0 Å². The van der Waals surface area contributed by atoms with Crippen molar-refractivity contribution in [2.24, 2.45) is 5.92 Å². The lowest BCUT2D eigenvalue weighted by atomic mass is 9.96. The molecule has 0 aliphatic rings. The Labute approximate surface area is 111 Å². The van der Waals surface area contributed by atoms with E-state index in [1.54, 1.807) is 11.8 Å². The number of nitrogens with zero attached hydrogens (tertiary/aromatic N) is 1. The first-order chi connectivity index (χ1) is 8.60. The molecule has 0 spiro atoms. The molecular weight excluding hydrogens is 230 g/mol. The lowest BCUT2D eigenvalue weighted by molar-refractivity contribution is -0.150. The second-order valence-electron chi connectivity index (χ2n) is 4.43. The molecule has 0 aliphatic heterocycles. The summed E-state index contributed by atoms with van der Waals surface area (Å²) in [6, 6.07) is 0. The number of ether oxygens (including phenoxy) is 1. The van der Waals surface area contributed by atoms with Crippen molar-refractivity contribution in [3.8, 4) is 0 Å². The zero-order valence-electron chi connectivity index (χ0n) is 12.2. The predicted molar refractivity (Wildman–Crippen MR) is 72.2 cm³/mol. The van der Waals surface area contributed by atoms with Crippen LogP contribution in [0.3, 0.4) is 0 Å². The van der Waals surface area contributed by atoms with Crippen molar-refractivity contribution < 1.29 is 14.3 Å². The molecule has 0 aromatic rings. The second kappa shape index (κ2) is 9.92. The molecule has 106 valence electrons. The van der Waals surface area contributed by atoms with Crippen molar-refractivity contribution in [2.45, 2.75) is 53.4 Å². The Balaban J connectivity index is 4.50. The van der Waals surface area contributed by atoms with Gasteiger partial charge in [0.2, 0.25) is 5.91 Å². The summed E-state index contributed by atoms with van der Waals surface area (Å²) in [6.45, 7) is 8.82. The minimum Gasteiger partial charge on any atom is -0.465 e. The van der Waals surface area contributed by atoms with Crippen molar-refractivity contribution in [1.82, 2.24) is 4.90 Å². The van der Waals surface area contributed by atoms with Gasteiger partial charge in [0.05, 0.1) is 6.61 Å². The van der Waals surface area contributed by atoms with E-state index >= 15 is 0 Å². The topological polar surface area (TPSA) is 46.6 Å². The number of likely N-dealkylation sites (N-methyl/N-ethyl adjacent to an activating group) is 1. The number of esters is 1. The van der Waals surface area contributed by atoms with Crippen LogP contribution in [0, 0.1) is 5.92 Å². The number of hydrogen-bond acceptors (Lipinski definition) is 3. The molecule has 0 aromatic heterocycles. The highest BCUT2D eigenvalue weighted by atomic mass is 16.5. The summed E-state index contributed by atoms with van der Waals surface area (Å²) in [7, 11) is 0. The van der Waals surface area contributed by atoms with Crippen molar-refractivity contribution in [1.29, 1.82) is 0 Å².